The van der Waals surface area contributed by atoms with Gasteiger partial charge in [-0.05, 0) is 33.8 Å². The second-order valence-corrected chi connectivity index (χ2v) is 5.58. The number of hydrogen-bond acceptors (Lipinski definition) is 3. The molecule has 1 aliphatic heterocycles. The van der Waals surface area contributed by atoms with Crippen LogP contribution in [0.25, 0.3) is 0 Å². The lowest BCUT2D eigenvalue weighted by Crippen LogP contribution is -2.39. The van der Waals surface area contributed by atoms with Crippen molar-refractivity contribution in [2.45, 2.75) is 39.5 Å². The molecule has 19 heavy (non-hydrogen) atoms. The number of benzene rings is 1. The fourth-order valence-electron chi connectivity index (χ4n) is 1.94. The average Bonchev–Trinajstić information content (AvgIpc) is 2.50. The Hall–Kier alpha value is -1.91. The van der Waals surface area contributed by atoms with E-state index in [1.54, 1.807) is 45.9 Å². The molecule has 0 aliphatic carbocycles. The van der Waals surface area contributed by atoms with Crippen molar-refractivity contribution in [2.24, 2.45) is 0 Å². The maximum absolute atomic E-state index is 13.9. The smallest absolute Gasteiger partial charge is 0.421 e. The highest BCUT2D eigenvalue weighted by Crippen LogP contribution is 2.39. The molecule has 1 heterocycles. The van der Waals surface area contributed by atoms with E-state index in [1.165, 1.54) is 0 Å². The van der Waals surface area contributed by atoms with Crippen LogP contribution in [-0.4, -0.2) is 17.6 Å². The molecule has 5 heteroatoms. The summed E-state index contributed by atoms with van der Waals surface area (Å²) >= 11 is 0. The van der Waals surface area contributed by atoms with Crippen LogP contribution in [0.1, 0.15) is 38.1 Å². The summed E-state index contributed by atoms with van der Waals surface area (Å²) in [6.07, 6.45) is -2.65. The maximum atomic E-state index is 13.9. The van der Waals surface area contributed by atoms with Crippen molar-refractivity contribution in [1.82, 2.24) is 0 Å². The van der Waals surface area contributed by atoms with E-state index in [-0.39, 0.29) is 11.3 Å². The molecule has 0 N–H and O–H groups in total. The van der Waals surface area contributed by atoms with Crippen molar-refractivity contribution >= 4 is 17.7 Å². The van der Waals surface area contributed by atoms with Crippen LogP contribution in [-0.2, 0) is 9.53 Å². The Morgan fingerprint density at radius 1 is 1.37 bits per heavy atom. The molecule has 1 aromatic rings. The lowest BCUT2D eigenvalue weighted by Gasteiger charge is -2.23. The summed E-state index contributed by atoms with van der Waals surface area (Å²) < 4.78 is 19.1. The lowest BCUT2D eigenvalue weighted by atomic mass is 10.1. The highest BCUT2D eigenvalue weighted by molar-refractivity contribution is 6.18. The van der Waals surface area contributed by atoms with Gasteiger partial charge < -0.3 is 4.74 Å². The predicted molar refractivity (Wildman–Crippen MR) is 68.7 cm³/mol. The van der Waals surface area contributed by atoms with Gasteiger partial charge in [0.05, 0.1) is 5.69 Å². The number of anilines is 1. The maximum Gasteiger partial charge on any atom is 0.421 e. The van der Waals surface area contributed by atoms with Crippen molar-refractivity contribution in [2.75, 3.05) is 4.90 Å². The number of aryl methyl sites for hydroxylation is 1. The number of imide groups is 1. The molecule has 4 nitrogen and oxygen atoms in total. The molecule has 0 saturated heterocycles. The fourth-order valence-corrected chi connectivity index (χ4v) is 1.94. The number of amides is 2. The number of alkyl halides is 1. The molecule has 0 bridgehead atoms. The molecule has 1 aliphatic rings. The molecule has 1 atom stereocenters. The van der Waals surface area contributed by atoms with E-state index in [2.05, 4.69) is 0 Å². The van der Waals surface area contributed by atoms with E-state index in [4.69, 9.17) is 4.74 Å². The van der Waals surface area contributed by atoms with Gasteiger partial charge in [-0.3, -0.25) is 4.79 Å². The van der Waals surface area contributed by atoms with Crippen LogP contribution in [0.4, 0.5) is 14.9 Å². The average molecular weight is 265 g/mol. The summed E-state index contributed by atoms with van der Waals surface area (Å²) in [5.74, 6) is -0.894. The van der Waals surface area contributed by atoms with Gasteiger partial charge in [0, 0.05) is 5.56 Å². The van der Waals surface area contributed by atoms with Crippen molar-refractivity contribution in [1.29, 1.82) is 0 Å². The van der Waals surface area contributed by atoms with Gasteiger partial charge in [0.15, 0.2) is 0 Å². The van der Waals surface area contributed by atoms with E-state index >= 15 is 0 Å². The molecule has 102 valence electrons. The third-order valence-corrected chi connectivity index (χ3v) is 2.71. The zero-order chi connectivity index (χ0) is 14.4. The topological polar surface area (TPSA) is 46.6 Å². The third kappa shape index (κ3) is 2.45. The molecule has 0 aromatic heterocycles. The third-order valence-electron chi connectivity index (χ3n) is 2.71. The number of nitrogens with zero attached hydrogens (tertiary/aromatic N) is 1. The normalized spacial score (nSPS) is 18.5. The molecule has 1 aromatic carbocycles. The largest absolute Gasteiger partial charge is 0.443 e. The minimum absolute atomic E-state index is 0.218. The van der Waals surface area contributed by atoms with Gasteiger partial charge in [0.25, 0.3) is 5.91 Å². The fraction of sp³-hybridized carbons (Fsp3) is 0.429. The molecule has 0 fully saturated rings. The summed E-state index contributed by atoms with van der Waals surface area (Å²) in [5.41, 5.74) is 0.574. The van der Waals surface area contributed by atoms with E-state index in [0.29, 0.717) is 0 Å². The molecule has 2 amide bonds. The van der Waals surface area contributed by atoms with Crippen molar-refractivity contribution in [3.05, 3.63) is 29.3 Å². The van der Waals surface area contributed by atoms with Crippen LogP contribution in [0.2, 0.25) is 0 Å². The Bertz CT molecular complexity index is 548. The first-order valence-corrected chi connectivity index (χ1v) is 6.02. The summed E-state index contributed by atoms with van der Waals surface area (Å²) in [5, 5.41) is 0. The van der Waals surface area contributed by atoms with E-state index < -0.39 is 23.8 Å². The summed E-state index contributed by atoms with van der Waals surface area (Å²) in [6.45, 7) is 6.87. The lowest BCUT2D eigenvalue weighted by molar-refractivity contribution is -0.122. The Kier molecular flexibility index (Phi) is 3.08. The first-order valence-electron chi connectivity index (χ1n) is 6.02. The minimum atomic E-state index is -1.80. The van der Waals surface area contributed by atoms with Crippen LogP contribution in [0.5, 0.6) is 0 Å². The molecular weight excluding hydrogens is 249 g/mol. The van der Waals surface area contributed by atoms with Crippen LogP contribution in [0.15, 0.2) is 18.2 Å². The Labute approximate surface area is 111 Å². The van der Waals surface area contributed by atoms with Crippen LogP contribution < -0.4 is 4.90 Å². The minimum Gasteiger partial charge on any atom is -0.443 e. The van der Waals surface area contributed by atoms with E-state index in [9.17, 15) is 14.0 Å². The van der Waals surface area contributed by atoms with Gasteiger partial charge >= 0.3 is 6.09 Å². The predicted octanol–water partition coefficient (Wildman–Crippen LogP) is 3.29. The second kappa shape index (κ2) is 4.33. The Balaban J connectivity index is 2.39. The number of carbonyl (C=O) groups is 2. The summed E-state index contributed by atoms with van der Waals surface area (Å²) in [7, 11) is 0. The molecule has 0 spiro atoms. The van der Waals surface area contributed by atoms with Crippen LogP contribution in [0.3, 0.4) is 0 Å². The summed E-state index contributed by atoms with van der Waals surface area (Å²) in [6, 6.07) is 4.86. The van der Waals surface area contributed by atoms with Gasteiger partial charge in [-0.1, -0.05) is 17.7 Å². The molecule has 0 radical (unpaired) electrons. The molecular formula is C14H16FNO3. The molecule has 2 rings (SSSR count). The number of rotatable bonds is 0. The monoisotopic (exact) mass is 265 g/mol. The summed E-state index contributed by atoms with van der Waals surface area (Å²) in [4.78, 5) is 24.6. The quantitative estimate of drug-likeness (QED) is 0.723. The number of ether oxygens (including phenoxy) is 1. The Morgan fingerprint density at radius 2 is 2.00 bits per heavy atom. The van der Waals surface area contributed by atoms with Crippen molar-refractivity contribution < 1.29 is 18.7 Å². The van der Waals surface area contributed by atoms with Gasteiger partial charge in [0.2, 0.25) is 6.17 Å². The van der Waals surface area contributed by atoms with Crippen LogP contribution in [0, 0.1) is 6.92 Å². The van der Waals surface area contributed by atoms with Gasteiger partial charge in [-0.15, -0.1) is 0 Å². The highest BCUT2D eigenvalue weighted by Gasteiger charge is 2.42. The standard InChI is InChI=1S/C14H16FNO3/c1-8-5-6-10-9(7-8)11(15)12(17)16(10)13(18)19-14(2,3)4/h5-7,11H,1-4H3. The van der Waals surface area contributed by atoms with Crippen LogP contribution >= 0.6 is 0 Å². The van der Waals surface area contributed by atoms with Gasteiger partial charge in [-0.2, -0.15) is 0 Å². The molecule has 1 unspecified atom stereocenters. The zero-order valence-corrected chi connectivity index (χ0v) is 11.4. The Morgan fingerprint density at radius 3 is 2.58 bits per heavy atom. The van der Waals surface area contributed by atoms with Gasteiger partial charge in [0.1, 0.15) is 5.60 Å². The van der Waals surface area contributed by atoms with Crippen molar-refractivity contribution in [3.8, 4) is 0 Å². The zero-order valence-electron chi connectivity index (χ0n) is 11.4. The molecule has 0 saturated carbocycles. The van der Waals surface area contributed by atoms with Gasteiger partial charge in [-0.25, -0.2) is 14.1 Å². The highest BCUT2D eigenvalue weighted by atomic mass is 19.1. The second-order valence-electron chi connectivity index (χ2n) is 5.58. The van der Waals surface area contributed by atoms with Crippen molar-refractivity contribution in [3.63, 3.8) is 0 Å². The number of hydrogen-bond donors (Lipinski definition) is 0. The van der Waals surface area contributed by atoms with E-state index in [1.807, 2.05) is 0 Å². The number of carbonyl (C=O) groups excluding carboxylic acids is 2. The number of fused-ring (bicyclic) bond motifs is 1. The SMILES string of the molecule is Cc1ccc2c(c1)C(F)C(=O)N2C(=O)OC(C)(C)C. The van der Waals surface area contributed by atoms with E-state index in [0.717, 1.165) is 10.5 Å². The first kappa shape index (κ1) is 13.5. The number of halogens is 1. The first-order chi connectivity index (χ1) is 8.70.